The molecule has 0 bridgehead atoms. The topological polar surface area (TPSA) is 118 Å². The summed E-state index contributed by atoms with van der Waals surface area (Å²) >= 11 is 1.34. The van der Waals surface area contributed by atoms with Gasteiger partial charge >= 0.3 is 0 Å². The van der Waals surface area contributed by atoms with Crippen LogP contribution in [0.4, 0.5) is 5.69 Å². The number of anilines is 1. The number of nitrogens with one attached hydrogen (secondary N) is 3. The predicted octanol–water partition coefficient (Wildman–Crippen LogP) is 2.50. The standard InChI is InChI=1S/C19H19N3O5S2/c1-13-7-8-17(28-13)19(24)20-12-18(23)22-14-4-2-6-16(10-14)29(25,26)21-11-15-5-3-9-27-15/h2-10,21H,11-12H2,1H3,(H,20,24)(H,22,23). The van der Waals surface area contributed by atoms with Crippen molar-refractivity contribution in [2.45, 2.75) is 18.4 Å². The van der Waals surface area contributed by atoms with Gasteiger partial charge in [-0.3, -0.25) is 9.59 Å². The Morgan fingerprint density at radius 3 is 2.62 bits per heavy atom. The van der Waals surface area contributed by atoms with Crippen molar-refractivity contribution in [3.05, 3.63) is 70.3 Å². The number of rotatable bonds is 8. The number of carbonyl (C=O) groups excluding carboxylic acids is 2. The zero-order valence-corrected chi connectivity index (χ0v) is 17.1. The van der Waals surface area contributed by atoms with Gasteiger partial charge in [-0.15, -0.1) is 11.3 Å². The van der Waals surface area contributed by atoms with Crippen LogP contribution in [0.1, 0.15) is 20.3 Å². The van der Waals surface area contributed by atoms with E-state index in [1.165, 1.54) is 35.8 Å². The lowest BCUT2D eigenvalue weighted by Crippen LogP contribution is -2.32. The number of amides is 2. The lowest BCUT2D eigenvalue weighted by molar-refractivity contribution is -0.115. The molecule has 0 spiro atoms. The van der Waals surface area contributed by atoms with Gasteiger partial charge in [-0.1, -0.05) is 6.07 Å². The Bertz CT molecular complexity index is 1100. The van der Waals surface area contributed by atoms with Gasteiger partial charge < -0.3 is 15.1 Å². The number of benzene rings is 1. The molecule has 0 fully saturated rings. The van der Waals surface area contributed by atoms with Crippen LogP contribution in [0.5, 0.6) is 0 Å². The van der Waals surface area contributed by atoms with E-state index in [1.54, 1.807) is 24.3 Å². The minimum absolute atomic E-state index is 0.0000440. The molecule has 1 aromatic carbocycles. The number of hydrogen-bond acceptors (Lipinski definition) is 6. The molecule has 0 aliphatic carbocycles. The molecule has 8 nitrogen and oxygen atoms in total. The van der Waals surface area contributed by atoms with E-state index >= 15 is 0 Å². The van der Waals surface area contributed by atoms with Crippen LogP contribution in [0.15, 0.2) is 64.1 Å². The predicted molar refractivity (Wildman–Crippen MR) is 109 cm³/mol. The maximum Gasteiger partial charge on any atom is 0.261 e. The average Bonchev–Trinajstić information content (AvgIpc) is 3.36. The summed E-state index contributed by atoms with van der Waals surface area (Å²) in [7, 11) is -3.78. The van der Waals surface area contributed by atoms with Crippen molar-refractivity contribution in [2.75, 3.05) is 11.9 Å². The molecule has 3 N–H and O–H groups in total. The first-order chi connectivity index (χ1) is 13.8. The highest BCUT2D eigenvalue weighted by Crippen LogP contribution is 2.16. The normalized spacial score (nSPS) is 11.2. The summed E-state index contributed by atoms with van der Waals surface area (Å²) in [6.07, 6.45) is 1.46. The largest absolute Gasteiger partial charge is 0.468 e. The quantitative estimate of drug-likeness (QED) is 0.505. The molecule has 0 unspecified atom stereocenters. The Morgan fingerprint density at radius 2 is 1.93 bits per heavy atom. The fourth-order valence-corrected chi connectivity index (χ4v) is 4.24. The summed E-state index contributed by atoms with van der Waals surface area (Å²) in [5, 5.41) is 5.11. The molecular formula is C19H19N3O5S2. The first-order valence-electron chi connectivity index (χ1n) is 8.60. The molecule has 10 heteroatoms. The number of furan rings is 1. The van der Waals surface area contributed by atoms with Crippen LogP contribution in [-0.4, -0.2) is 26.8 Å². The van der Waals surface area contributed by atoms with Crippen LogP contribution < -0.4 is 15.4 Å². The minimum atomic E-state index is -3.78. The smallest absolute Gasteiger partial charge is 0.261 e. The van der Waals surface area contributed by atoms with Crippen LogP contribution in [0.3, 0.4) is 0 Å². The highest BCUT2D eigenvalue weighted by Gasteiger charge is 2.16. The zero-order chi connectivity index (χ0) is 20.9. The molecule has 152 valence electrons. The van der Waals surface area contributed by atoms with Gasteiger partial charge in [0.1, 0.15) is 5.76 Å². The van der Waals surface area contributed by atoms with Crippen LogP contribution in [0.2, 0.25) is 0 Å². The SMILES string of the molecule is Cc1ccc(C(=O)NCC(=O)Nc2cccc(S(=O)(=O)NCc3ccco3)c2)s1. The Balaban J connectivity index is 1.57. The van der Waals surface area contributed by atoms with Crippen molar-refractivity contribution in [1.29, 1.82) is 0 Å². The fraction of sp³-hybridized carbons (Fsp3) is 0.158. The lowest BCUT2D eigenvalue weighted by atomic mass is 10.3. The molecule has 0 aliphatic heterocycles. The molecule has 3 rings (SSSR count). The van der Waals surface area contributed by atoms with Crippen molar-refractivity contribution in [3.8, 4) is 0 Å². The number of carbonyl (C=O) groups is 2. The number of sulfonamides is 1. The summed E-state index contributed by atoms with van der Waals surface area (Å²) in [6.45, 7) is 1.67. The first-order valence-corrected chi connectivity index (χ1v) is 10.9. The van der Waals surface area contributed by atoms with Gasteiger partial charge in [-0.05, 0) is 49.4 Å². The third-order valence-electron chi connectivity index (χ3n) is 3.82. The van der Waals surface area contributed by atoms with E-state index in [0.29, 0.717) is 16.3 Å². The molecule has 0 saturated carbocycles. The van der Waals surface area contributed by atoms with E-state index in [4.69, 9.17) is 4.42 Å². The van der Waals surface area contributed by atoms with Crippen molar-refractivity contribution >= 4 is 38.9 Å². The molecule has 29 heavy (non-hydrogen) atoms. The van der Waals surface area contributed by atoms with Gasteiger partial charge in [-0.25, -0.2) is 13.1 Å². The van der Waals surface area contributed by atoms with E-state index in [-0.39, 0.29) is 23.9 Å². The maximum atomic E-state index is 12.4. The van der Waals surface area contributed by atoms with E-state index < -0.39 is 15.9 Å². The van der Waals surface area contributed by atoms with Gasteiger partial charge in [-0.2, -0.15) is 0 Å². The Labute approximate surface area is 172 Å². The number of aryl methyl sites for hydroxylation is 1. The van der Waals surface area contributed by atoms with Crippen LogP contribution in [0, 0.1) is 6.92 Å². The van der Waals surface area contributed by atoms with Crippen LogP contribution in [-0.2, 0) is 21.4 Å². The highest BCUT2D eigenvalue weighted by atomic mass is 32.2. The number of hydrogen-bond donors (Lipinski definition) is 3. The van der Waals surface area contributed by atoms with E-state index in [9.17, 15) is 18.0 Å². The summed E-state index contributed by atoms with van der Waals surface area (Å²) in [4.78, 5) is 25.6. The zero-order valence-electron chi connectivity index (χ0n) is 15.5. The van der Waals surface area contributed by atoms with Crippen LogP contribution in [0.25, 0.3) is 0 Å². The van der Waals surface area contributed by atoms with Crippen molar-refractivity contribution in [1.82, 2.24) is 10.0 Å². The molecule has 3 aromatic rings. The van der Waals surface area contributed by atoms with E-state index in [2.05, 4.69) is 15.4 Å². The molecule has 2 heterocycles. The fourth-order valence-electron chi connectivity index (χ4n) is 2.41. The summed E-state index contributed by atoms with van der Waals surface area (Å²) in [6, 6.07) is 12.7. The summed E-state index contributed by atoms with van der Waals surface area (Å²) in [5.41, 5.74) is 0.303. The Hall–Kier alpha value is -2.95. The van der Waals surface area contributed by atoms with Gasteiger partial charge in [0.25, 0.3) is 5.91 Å². The van der Waals surface area contributed by atoms with Crippen molar-refractivity contribution in [3.63, 3.8) is 0 Å². The molecule has 0 atom stereocenters. The van der Waals surface area contributed by atoms with Gasteiger partial charge in [0.15, 0.2) is 0 Å². The monoisotopic (exact) mass is 433 g/mol. The molecule has 2 amide bonds. The molecular weight excluding hydrogens is 414 g/mol. The van der Waals surface area contributed by atoms with Gasteiger partial charge in [0.2, 0.25) is 15.9 Å². The second-order valence-corrected chi connectivity index (χ2v) is 9.13. The van der Waals surface area contributed by atoms with Gasteiger partial charge in [0.05, 0.1) is 29.1 Å². The Kier molecular flexibility index (Phi) is 6.47. The third kappa shape index (κ3) is 5.76. The second-order valence-electron chi connectivity index (χ2n) is 6.07. The van der Waals surface area contributed by atoms with Gasteiger partial charge in [0, 0.05) is 10.6 Å². The second kappa shape index (κ2) is 9.03. The van der Waals surface area contributed by atoms with Crippen molar-refractivity contribution in [2.24, 2.45) is 0 Å². The van der Waals surface area contributed by atoms with Crippen molar-refractivity contribution < 1.29 is 22.4 Å². The number of thiophene rings is 1. The van der Waals surface area contributed by atoms with Crippen LogP contribution >= 0.6 is 11.3 Å². The third-order valence-corrected chi connectivity index (χ3v) is 6.22. The summed E-state index contributed by atoms with van der Waals surface area (Å²) < 4.78 is 32.4. The minimum Gasteiger partial charge on any atom is -0.468 e. The highest BCUT2D eigenvalue weighted by molar-refractivity contribution is 7.89. The molecule has 0 saturated heterocycles. The maximum absolute atomic E-state index is 12.4. The van der Waals surface area contributed by atoms with E-state index in [0.717, 1.165) is 4.88 Å². The Morgan fingerprint density at radius 1 is 1.10 bits per heavy atom. The average molecular weight is 434 g/mol. The first kappa shape index (κ1) is 20.8. The molecule has 2 aromatic heterocycles. The lowest BCUT2D eigenvalue weighted by Gasteiger charge is -2.09. The molecule has 0 radical (unpaired) electrons. The van der Waals surface area contributed by atoms with E-state index in [1.807, 2.05) is 13.0 Å². The molecule has 0 aliphatic rings. The summed E-state index contributed by atoms with van der Waals surface area (Å²) in [5.74, 6) is -0.323.